The number of aliphatic hydroxyl groups excluding tert-OH is 1. The molecule has 0 aromatic heterocycles. The van der Waals surface area contributed by atoms with Crippen LogP contribution in [0.1, 0.15) is 31.2 Å². The number of halogens is 2. The monoisotopic (exact) mass is 299 g/mol. The molecule has 0 bridgehead atoms. The van der Waals surface area contributed by atoms with Crippen LogP contribution in [0.5, 0.6) is 0 Å². The third kappa shape index (κ3) is 3.49. The molecule has 1 fully saturated rings. The highest BCUT2D eigenvalue weighted by molar-refractivity contribution is 6.30. The van der Waals surface area contributed by atoms with E-state index < -0.39 is 11.9 Å². The Balaban J connectivity index is 2.03. The maximum atomic E-state index is 13.7. The molecular weight excluding hydrogens is 281 g/mol. The number of benzene rings is 1. The summed E-state index contributed by atoms with van der Waals surface area (Å²) >= 11 is 5.69. The standard InChI is InChI=1S/C15H19ClFNO2/c1-18(13-4-2-3-5-14(13)19)15(20)8-10-6-7-11(16)9-12(10)17/h6-7,9,13-14,19H,2-5,8H2,1H3. The van der Waals surface area contributed by atoms with E-state index in [2.05, 4.69) is 0 Å². The molecule has 0 saturated heterocycles. The van der Waals surface area contributed by atoms with Gasteiger partial charge in [-0.2, -0.15) is 0 Å². The number of hydrogen-bond acceptors (Lipinski definition) is 2. The molecule has 2 atom stereocenters. The summed E-state index contributed by atoms with van der Waals surface area (Å²) in [6.07, 6.45) is 3.03. The Kier molecular flexibility index (Phi) is 5.00. The Morgan fingerprint density at radius 1 is 1.45 bits per heavy atom. The van der Waals surface area contributed by atoms with Crippen LogP contribution in [0.15, 0.2) is 18.2 Å². The van der Waals surface area contributed by atoms with Crippen LogP contribution in [0, 0.1) is 5.82 Å². The van der Waals surface area contributed by atoms with E-state index in [4.69, 9.17) is 11.6 Å². The van der Waals surface area contributed by atoms with Crippen molar-refractivity contribution >= 4 is 17.5 Å². The van der Waals surface area contributed by atoms with Crippen molar-refractivity contribution in [3.63, 3.8) is 0 Å². The van der Waals surface area contributed by atoms with Gasteiger partial charge in [-0.3, -0.25) is 4.79 Å². The first-order valence-corrected chi connectivity index (χ1v) is 7.24. The second kappa shape index (κ2) is 6.55. The Labute approximate surface area is 123 Å². The van der Waals surface area contributed by atoms with Gasteiger partial charge in [0.2, 0.25) is 5.91 Å². The van der Waals surface area contributed by atoms with E-state index >= 15 is 0 Å². The largest absolute Gasteiger partial charge is 0.391 e. The predicted molar refractivity (Wildman–Crippen MR) is 76.1 cm³/mol. The highest BCUT2D eigenvalue weighted by Gasteiger charge is 2.29. The molecule has 1 aliphatic rings. The van der Waals surface area contributed by atoms with Crippen molar-refractivity contribution in [2.24, 2.45) is 0 Å². The van der Waals surface area contributed by atoms with Crippen LogP contribution in [-0.2, 0) is 11.2 Å². The zero-order valence-corrected chi connectivity index (χ0v) is 12.2. The van der Waals surface area contributed by atoms with Crippen LogP contribution < -0.4 is 0 Å². The van der Waals surface area contributed by atoms with Gasteiger partial charge >= 0.3 is 0 Å². The lowest BCUT2D eigenvalue weighted by Gasteiger charge is -2.35. The van der Waals surface area contributed by atoms with Gasteiger partial charge in [-0.1, -0.05) is 30.5 Å². The van der Waals surface area contributed by atoms with Crippen molar-refractivity contribution in [3.05, 3.63) is 34.6 Å². The fraction of sp³-hybridized carbons (Fsp3) is 0.533. The van der Waals surface area contributed by atoms with Crippen LogP contribution in [0.25, 0.3) is 0 Å². The van der Waals surface area contributed by atoms with Gasteiger partial charge in [-0.05, 0) is 30.5 Å². The van der Waals surface area contributed by atoms with E-state index in [0.717, 1.165) is 25.7 Å². The van der Waals surface area contributed by atoms with Crippen LogP contribution in [-0.4, -0.2) is 35.1 Å². The number of hydrogen-bond donors (Lipinski definition) is 1. The molecule has 20 heavy (non-hydrogen) atoms. The average Bonchev–Trinajstić information content (AvgIpc) is 2.41. The normalized spacial score (nSPS) is 22.6. The Morgan fingerprint density at radius 3 is 2.80 bits per heavy atom. The molecule has 2 rings (SSSR count). The molecule has 2 unspecified atom stereocenters. The molecule has 110 valence electrons. The lowest BCUT2D eigenvalue weighted by Crippen LogP contribution is -2.46. The minimum atomic E-state index is -0.479. The van der Waals surface area contributed by atoms with E-state index in [1.54, 1.807) is 18.0 Å². The SMILES string of the molecule is CN(C(=O)Cc1ccc(Cl)cc1F)C1CCCCC1O. The first-order chi connectivity index (χ1) is 9.49. The fourth-order valence-corrected chi connectivity index (χ4v) is 2.84. The summed E-state index contributed by atoms with van der Waals surface area (Å²) in [4.78, 5) is 13.8. The molecule has 0 spiro atoms. The molecule has 1 amide bonds. The number of rotatable bonds is 3. The molecule has 3 nitrogen and oxygen atoms in total. The van der Waals surface area contributed by atoms with Crippen molar-refractivity contribution in [1.29, 1.82) is 0 Å². The molecule has 1 aromatic carbocycles. The molecular formula is C15H19ClFNO2. The highest BCUT2D eigenvalue weighted by Crippen LogP contribution is 2.23. The van der Waals surface area contributed by atoms with E-state index in [1.165, 1.54) is 12.1 Å². The molecule has 0 radical (unpaired) electrons. The number of aliphatic hydroxyl groups is 1. The Hall–Kier alpha value is -1.13. The Morgan fingerprint density at radius 2 is 2.15 bits per heavy atom. The quantitative estimate of drug-likeness (QED) is 0.932. The number of likely N-dealkylation sites (N-methyl/N-ethyl adjacent to an activating group) is 1. The summed E-state index contributed by atoms with van der Waals surface area (Å²) in [5.74, 6) is -0.652. The van der Waals surface area contributed by atoms with Crippen molar-refractivity contribution in [2.75, 3.05) is 7.05 Å². The second-order valence-electron chi connectivity index (χ2n) is 5.34. The van der Waals surface area contributed by atoms with Gasteiger partial charge < -0.3 is 10.0 Å². The van der Waals surface area contributed by atoms with E-state index in [0.29, 0.717) is 10.6 Å². The third-order valence-corrected chi connectivity index (χ3v) is 4.18. The molecule has 0 aliphatic heterocycles. The van der Waals surface area contributed by atoms with Gasteiger partial charge in [-0.15, -0.1) is 0 Å². The zero-order valence-electron chi connectivity index (χ0n) is 11.5. The van der Waals surface area contributed by atoms with Gasteiger partial charge in [0, 0.05) is 12.1 Å². The topological polar surface area (TPSA) is 40.5 Å². The van der Waals surface area contributed by atoms with Gasteiger partial charge in [0.15, 0.2) is 0 Å². The Bertz CT molecular complexity index is 495. The van der Waals surface area contributed by atoms with E-state index in [1.807, 2.05) is 0 Å². The fourth-order valence-electron chi connectivity index (χ4n) is 2.68. The molecule has 1 N–H and O–H groups in total. The minimum Gasteiger partial charge on any atom is -0.391 e. The second-order valence-corrected chi connectivity index (χ2v) is 5.77. The summed E-state index contributed by atoms with van der Waals surface area (Å²) in [6, 6.07) is 4.15. The number of carbonyl (C=O) groups excluding carboxylic acids is 1. The van der Waals surface area contributed by atoms with Gasteiger partial charge in [-0.25, -0.2) is 4.39 Å². The lowest BCUT2D eigenvalue weighted by atomic mass is 9.91. The number of carbonyl (C=O) groups is 1. The van der Waals surface area contributed by atoms with Crippen molar-refractivity contribution in [1.82, 2.24) is 4.90 Å². The van der Waals surface area contributed by atoms with Crippen molar-refractivity contribution in [3.8, 4) is 0 Å². The summed E-state index contributed by atoms with van der Waals surface area (Å²) < 4.78 is 13.7. The average molecular weight is 300 g/mol. The molecule has 1 aliphatic carbocycles. The summed E-state index contributed by atoms with van der Waals surface area (Å²) in [7, 11) is 1.68. The molecule has 0 heterocycles. The van der Waals surface area contributed by atoms with Crippen LogP contribution in [0.4, 0.5) is 4.39 Å². The predicted octanol–water partition coefficient (Wildman–Crippen LogP) is 2.78. The minimum absolute atomic E-state index is 0.0112. The van der Waals surface area contributed by atoms with Crippen molar-refractivity contribution in [2.45, 2.75) is 44.2 Å². The zero-order chi connectivity index (χ0) is 14.7. The van der Waals surface area contributed by atoms with Crippen LogP contribution in [0.2, 0.25) is 5.02 Å². The third-order valence-electron chi connectivity index (χ3n) is 3.94. The van der Waals surface area contributed by atoms with Gasteiger partial charge in [0.05, 0.1) is 18.6 Å². The molecule has 1 saturated carbocycles. The molecule has 1 aromatic rings. The summed E-state index contributed by atoms with van der Waals surface area (Å²) in [5.41, 5.74) is 0.330. The smallest absolute Gasteiger partial charge is 0.227 e. The van der Waals surface area contributed by atoms with Crippen molar-refractivity contribution < 1.29 is 14.3 Å². The summed E-state index contributed by atoms with van der Waals surface area (Å²) in [5, 5.41) is 10.3. The number of nitrogens with zero attached hydrogens (tertiary/aromatic N) is 1. The highest BCUT2D eigenvalue weighted by atomic mass is 35.5. The first kappa shape index (κ1) is 15.3. The van der Waals surface area contributed by atoms with Crippen LogP contribution >= 0.6 is 11.6 Å². The molecule has 5 heteroatoms. The lowest BCUT2D eigenvalue weighted by molar-refractivity contribution is -0.134. The maximum Gasteiger partial charge on any atom is 0.227 e. The first-order valence-electron chi connectivity index (χ1n) is 6.86. The maximum absolute atomic E-state index is 13.7. The van der Waals surface area contributed by atoms with Crippen LogP contribution in [0.3, 0.4) is 0 Å². The summed E-state index contributed by atoms with van der Waals surface area (Å²) in [6.45, 7) is 0. The van der Waals surface area contributed by atoms with Gasteiger partial charge in [0.25, 0.3) is 0 Å². The number of amides is 1. The van der Waals surface area contributed by atoms with E-state index in [9.17, 15) is 14.3 Å². The van der Waals surface area contributed by atoms with Gasteiger partial charge in [0.1, 0.15) is 5.82 Å². The van der Waals surface area contributed by atoms with E-state index in [-0.39, 0.29) is 18.4 Å².